The third-order valence-corrected chi connectivity index (χ3v) is 4.44. The Morgan fingerprint density at radius 2 is 1.94 bits per heavy atom. The minimum absolute atomic E-state index is 0.103. The van der Waals surface area contributed by atoms with Crippen LogP contribution in [0.5, 0.6) is 0 Å². The molecular formula is C14H26N2OS. The Bertz CT molecular complexity index is 298. The zero-order chi connectivity index (χ0) is 13.7. The van der Waals surface area contributed by atoms with E-state index in [1.165, 1.54) is 12.8 Å². The number of rotatable bonds is 5. The van der Waals surface area contributed by atoms with Crippen LogP contribution in [0, 0.1) is 17.8 Å². The van der Waals surface area contributed by atoms with Gasteiger partial charge in [-0.15, -0.1) is 0 Å². The van der Waals surface area contributed by atoms with Crippen molar-refractivity contribution < 1.29 is 4.79 Å². The van der Waals surface area contributed by atoms with E-state index in [4.69, 9.17) is 18.0 Å². The van der Waals surface area contributed by atoms with E-state index in [2.05, 4.69) is 6.92 Å². The molecule has 0 bridgehead atoms. The number of carbonyl (C=O) groups excluding carboxylic acids is 1. The molecule has 1 aliphatic carbocycles. The fraction of sp³-hybridized carbons (Fsp3) is 0.857. The molecule has 104 valence electrons. The molecule has 1 aliphatic rings. The maximum Gasteiger partial charge on any atom is 0.225 e. The Morgan fingerprint density at radius 1 is 1.39 bits per heavy atom. The lowest BCUT2D eigenvalue weighted by Gasteiger charge is -2.31. The first kappa shape index (κ1) is 15.4. The van der Waals surface area contributed by atoms with E-state index in [1.54, 1.807) is 0 Å². The maximum atomic E-state index is 12.4. The topological polar surface area (TPSA) is 46.3 Å². The zero-order valence-electron chi connectivity index (χ0n) is 11.8. The summed E-state index contributed by atoms with van der Waals surface area (Å²) in [5, 5.41) is 0. The lowest BCUT2D eigenvalue weighted by atomic mass is 9.82. The summed E-state index contributed by atoms with van der Waals surface area (Å²) >= 11 is 4.98. The summed E-state index contributed by atoms with van der Waals surface area (Å²) in [5.41, 5.74) is 5.63. The molecule has 0 aromatic rings. The molecule has 4 heteroatoms. The largest absolute Gasteiger partial charge is 0.393 e. The minimum atomic E-state index is 0.103. The molecule has 0 radical (unpaired) electrons. The standard InChI is InChI=1S/C14H26N2OS/c1-4-16(9-11(3)13(15)18)14(17)12-7-5-10(2)6-8-12/h10-12H,4-9H2,1-3H3,(H2,15,18). The van der Waals surface area contributed by atoms with E-state index >= 15 is 0 Å². The summed E-state index contributed by atoms with van der Waals surface area (Å²) in [7, 11) is 0. The van der Waals surface area contributed by atoms with E-state index in [9.17, 15) is 4.79 Å². The van der Waals surface area contributed by atoms with E-state index in [-0.39, 0.29) is 11.8 Å². The van der Waals surface area contributed by atoms with Crippen molar-refractivity contribution in [2.24, 2.45) is 23.5 Å². The number of amides is 1. The van der Waals surface area contributed by atoms with Crippen molar-refractivity contribution in [2.75, 3.05) is 13.1 Å². The van der Waals surface area contributed by atoms with Gasteiger partial charge in [-0.2, -0.15) is 0 Å². The van der Waals surface area contributed by atoms with Gasteiger partial charge in [0.2, 0.25) is 5.91 Å². The average Bonchev–Trinajstić information content (AvgIpc) is 2.35. The molecule has 1 fully saturated rings. The summed E-state index contributed by atoms with van der Waals surface area (Å²) in [5.74, 6) is 1.40. The van der Waals surface area contributed by atoms with Gasteiger partial charge in [-0.1, -0.05) is 26.1 Å². The van der Waals surface area contributed by atoms with Crippen LogP contribution in [0.2, 0.25) is 0 Å². The molecule has 1 saturated carbocycles. The van der Waals surface area contributed by atoms with Crippen LogP contribution in [0.4, 0.5) is 0 Å². The SMILES string of the molecule is CCN(CC(C)C(N)=S)C(=O)C1CCC(C)CC1. The number of hydrogen-bond acceptors (Lipinski definition) is 2. The number of nitrogens with two attached hydrogens (primary N) is 1. The highest BCUT2D eigenvalue weighted by Crippen LogP contribution is 2.29. The van der Waals surface area contributed by atoms with E-state index in [0.29, 0.717) is 17.4 Å². The number of nitrogens with zero attached hydrogens (tertiary/aromatic N) is 1. The second-order valence-corrected chi connectivity index (χ2v) is 6.11. The molecule has 1 amide bonds. The molecule has 1 unspecified atom stereocenters. The van der Waals surface area contributed by atoms with Crippen LogP contribution in [-0.2, 0) is 4.79 Å². The molecule has 18 heavy (non-hydrogen) atoms. The first-order valence-electron chi connectivity index (χ1n) is 7.03. The van der Waals surface area contributed by atoms with Gasteiger partial charge in [0, 0.05) is 24.9 Å². The molecule has 0 aromatic heterocycles. The highest BCUT2D eigenvalue weighted by Gasteiger charge is 2.28. The lowest BCUT2D eigenvalue weighted by molar-refractivity contribution is -0.136. The number of thiocarbonyl (C=S) groups is 1. The van der Waals surface area contributed by atoms with Crippen LogP contribution < -0.4 is 5.73 Å². The van der Waals surface area contributed by atoms with Crippen LogP contribution in [0.3, 0.4) is 0 Å². The molecule has 3 nitrogen and oxygen atoms in total. The Balaban J connectivity index is 2.54. The number of hydrogen-bond donors (Lipinski definition) is 1. The van der Waals surface area contributed by atoms with Gasteiger partial charge in [-0.05, 0) is 38.5 Å². The molecule has 1 atom stereocenters. The molecular weight excluding hydrogens is 244 g/mol. The monoisotopic (exact) mass is 270 g/mol. The van der Waals surface area contributed by atoms with Crippen molar-refractivity contribution in [1.82, 2.24) is 4.90 Å². The highest BCUT2D eigenvalue weighted by atomic mass is 32.1. The summed E-state index contributed by atoms with van der Waals surface area (Å²) in [6, 6.07) is 0. The van der Waals surface area contributed by atoms with Crippen molar-refractivity contribution >= 4 is 23.1 Å². The van der Waals surface area contributed by atoms with E-state index in [1.807, 2.05) is 18.7 Å². The second-order valence-electron chi connectivity index (χ2n) is 5.64. The third kappa shape index (κ3) is 4.23. The Hall–Kier alpha value is -0.640. The normalized spacial score (nSPS) is 25.5. The van der Waals surface area contributed by atoms with Gasteiger partial charge in [0.05, 0.1) is 4.99 Å². The maximum absolute atomic E-state index is 12.4. The first-order valence-corrected chi connectivity index (χ1v) is 7.44. The van der Waals surface area contributed by atoms with Crippen molar-refractivity contribution in [3.63, 3.8) is 0 Å². The second kappa shape index (κ2) is 7.07. The van der Waals surface area contributed by atoms with E-state index < -0.39 is 0 Å². The van der Waals surface area contributed by atoms with Crippen LogP contribution in [0.1, 0.15) is 46.5 Å². The fourth-order valence-electron chi connectivity index (χ4n) is 2.56. The van der Waals surface area contributed by atoms with Gasteiger partial charge < -0.3 is 10.6 Å². The van der Waals surface area contributed by atoms with Crippen LogP contribution in [0.15, 0.2) is 0 Å². The Labute approximate surface area is 116 Å². The fourth-order valence-corrected chi connectivity index (χ4v) is 2.64. The van der Waals surface area contributed by atoms with E-state index in [0.717, 1.165) is 25.3 Å². The van der Waals surface area contributed by atoms with Crippen molar-refractivity contribution in [2.45, 2.75) is 46.5 Å². The molecule has 0 aliphatic heterocycles. The van der Waals surface area contributed by atoms with Gasteiger partial charge in [-0.3, -0.25) is 4.79 Å². The highest BCUT2D eigenvalue weighted by molar-refractivity contribution is 7.80. The summed E-state index contributed by atoms with van der Waals surface area (Å²) in [6.07, 6.45) is 4.44. The Kier molecular flexibility index (Phi) is 6.06. The number of carbonyl (C=O) groups is 1. The van der Waals surface area contributed by atoms with Gasteiger partial charge >= 0.3 is 0 Å². The van der Waals surface area contributed by atoms with Crippen LogP contribution >= 0.6 is 12.2 Å². The van der Waals surface area contributed by atoms with Crippen LogP contribution in [0.25, 0.3) is 0 Å². The summed E-state index contributed by atoms with van der Waals surface area (Å²) in [6.45, 7) is 7.69. The van der Waals surface area contributed by atoms with Gasteiger partial charge in [0.15, 0.2) is 0 Å². The average molecular weight is 270 g/mol. The van der Waals surface area contributed by atoms with Crippen molar-refractivity contribution in [3.8, 4) is 0 Å². The quantitative estimate of drug-likeness (QED) is 0.781. The van der Waals surface area contributed by atoms with Gasteiger partial charge in [0.25, 0.3) is 0 Å². The molecule has 0 aromatic carbocycles. The lowest BCUT2D eigenvalue weighted by Crippen LogP contribution is -2.42. The summed E-state index contributed by atoms with van der Waals surface area (Å²) in [4.78, 5) is 14.9. The van der Waals surface area contributed by atoms with Gasteiger partial charge in [-0.25, -0.2) is 0 Å². The molecule has 0 saturated heterocycles. The van der Waals surface area contributed by atoms with Gasteiger partial charge in [0.1, 0.15) is 0 Å². The molecule has 1 rings (SSSR count). The zero-order valence-corrected chi connectivity index (χ0v) is 12.6. The van der Waals surface area contributed by atoms with Crippen LogP contribution in [-0.4, -0.2) is 28.9 Å². The predicted molar refractivity (Wildman–Crippen MR) is 79.3 cm³/mol. The smallest absolute Gasteiger partial charge is 0.225 e. The third-order valence-electron chi connectivity index (χ3n) is 4.04. The molecule has 0 spiro atoms. The van der Waals surface area contributed by atoms with Crippen molar-refractivity contribution in [1.29, 1.82) is 0 Å². The predicted octanol–water partition coefficient (Wildman–Crippen LogP) is 2.58. The molecule has 2 N–H and O–H groups in total. The van der Waals surface area contributed by atoms with Crippen molar-refractivity contribution in [3.05, 3.63) is 0 Å². The molecule has 0 heterocycles. The summed E-state index contributed by atoms with van der Waals surface area (Å²) < 4.78 is 0. The minimum Gasteiger partial charge on any atom is -0.393 e. The first-order chi connectivity index (χ1) is 8.45. The Morgan fingerprint density at radius 3 is 2.39 bits per heavy atom.